The molecule has 0 aliphatic carbocycles. The fourth-order valence-corrected chi connectivity index (χ4v) is 3.17. The molecule has 0 radical (unpaired) electrons. The van der Waals surface area contributed by atoms with Crippen molar-refractivity contribution in [2.24, 2.45) is 0 Å². The Balaban J connectivity index is 1.36. The summed E-state index contributed by atoms with van der Waals surface area (Å²) in [6.07, 6.45) is 1.70. The minimum absolute atomic E-state index is 0.179. The van der Waals surface area contributed by atoms with Gasteiger partial charge in [0, 0.05) is 39.3 Å². The first-order chi connectivity index (χ1) is 11.2. The standard InChI is InChI=1S/C18H26N2O3/c1-15-4-2-5-16(14-15)22-13-11-19-7-9-20(10-8-19)18(21)17-6-3-12-23-17/h2,4-5,14,17H,3,6-13H2,1H3/t17-/m1/s1. The zero-order valence-electron chi connectivity index (χ0n) is 13.9. The highest BCUT2D eigenvalue weighted by Crippen LogP contribution is 2.16. The van der Waals surface area contributed by atoms with Gasteiger partial charge in [0.15, 0.2) is 0 Å². The van der Waals surface area contributed by atoms with Gasteiger partial charge < -0.3 is 14.4 Å². The summed E-state index contributed by atoms with van der Waals surface area (Å²) in [6.45, 7) is 7.79. The van der Waals surface area contributed by atoms with Crippen LogP contribution in [0, 0.1) is 6.92 Å². The van der Waals surface area contributed by atoms with E-state index in [2.05, 4.69) is 24.0 Å². The molecule has 2 aliphatic rings. The third-order valence-electron chi connectivity index (χ3n) is 4.55. The Morgan fingerprint density at radius 2 is 2.13 bits per heavy atom. The van der Waals surface area contributed by atoms with Crippen LogP contribution in [0.15, 0.2) is 24.3 Å². The molecule has 2 saturated heterocycles. The maximum atomic E-state index is 12.3. The third-order valence-corrected chi connectivity index (χ3v) is 4.55. The lowest BCUT2D eigenvalue weighted by Gasteiger charge is -2.35. The average Bonchev–Trinajstić information content (AvgIpc) is 3.09. The minimum Gasteiger partial charge on any atom is -0.492 e. The normalized spacial score (nSPS) is 22.3. The van der Waals surface area contributed by atoms with Gasteiger partial charge in [-0.2, -0.15) is 0 Å². The van der Waals surface area contributed by atoms with E-state index >= 15 is 0 Å². The number of amides is 1. The number of aryl methyl sites for hydroxylation is 1. The fraction of sp³-hybridized carbons (Fsp3) is 0.611. The molecule has 0 unspecified atom stereocenters. The van der Waals surface area contributed by atoms with Gasteiger partial charge in [-0.3, -0.25) is 9.69 Å². The van der Waals surface area contributed by atoms with Crippen LogP contribution in [0.5, 0.6) is 5.75 Å². The van der Waals surface area contributed by atoms with Gasteiger partial charge in [-0.25, -0.2) is 0 Å². The Labute approximate surface area is 138 Å². The van der Waals surface area contributed by atoms with Gasteiger partial charge in [0.25, 0.3) is 5.91 Å². The Hall–Kier alpha value is -1.59. The summed E-state index contributed by atoms with van der Waals surface area (Å²) in [6, 6.07) is 8.13. The summed E-state index contributed by atoms with van der Waals surface area (Å²) in [5.41, 5.74) is 1.21. The first-order valence-corrected chi connectivity index (χ1v) is 8.54. The Bertz CT molecular complexity index is 521. The molecule has 0 N–H and O–H groups in total. The van der Waals surface area contributed by atoms with E-state index < -0.39 is 0 Å². The number of rotatable bonds is 5. The molecule has 5 heteroatoms. The lowest BCUT2D eigenvalue weighted by molar-refractivity contribution is -0.142. The first-order valence-electron chi connectivity index (χ1n) is 8.54. The van der Waals surface area contributed by atoms with E-state index in [1.54, 1.807) is 0 Å². The van der Waals surface area contributed by atoms with Gasteiger partial charge in [-0.05, 0) is 37.5 Å². The van der Waals surface area contributed by atoms with Crippen molar-refractivity contribution in [3.05, 3.63) is 29.8 Å². The average molecular weight is 318 g/mol. The first kappa shape index (κ1) is 16.3. The molecule has 0 aromatic heterocycles. The molecule has 1 aromatic rings. The van der Waals surface area contributed by atoms with E-state index in [-0.39, 0.29) is 12.0 Å². The number of piperazine rings is 1. The predicted molar refractivity (Wildman–Crippen MR) is 88.7 cm³/mol. The minimum atomic E-state index is -0.189. The lowest BCUT2D eigenvalue weighted by Crippen LogP contribution is -2.52. The molecule has 1 atom stereocenters. The zero-order valence-corrected chi connectivity index (χ0v) is 13.9. The molecule has 5 nitrogen and oxygen atoms in total. The molecule has 23 heavy (non-hydrogen) atoms. The van der Waals surface area contributed by atoms with E-state index in [4.69, 9.17) is 9.47 Å². The molecule has 3 rings (SSSR count). The topological polar surface area (TPSA) is 42.0 Å². The molecule has 0 saturated carbocycles. The van der Waals surface area contributed by atoms with Crippen LogP contribution >= 0.6 is 0 Å². The van der Waals surface area contributed by atoms with Crippen molar-refractivity contribution in [2.45, 2.75) is 25.9 Å². The predicted octanol–water partition coefficient (Wildman–Crippen LogP) is 1.70. The molecular formula is C18H26N2O3. The monoisotopic (exact) mass is 318 g/mol. The van der Waals surface area contributed by atoms with Crippen molar-refractivity contribution in [2.75, 3.05) is 45.9 Å². The van der Waals surface area contributed by atoms with Gasteiger partial charge in [0.05, 0.1) is 0 Å². The highest BCUT2D eigenvalue weighted by Gasteiger charge is 2.30. The number of ether oxygens (including phenoxy) is 2. The number of carbonyl (C=O) groups is 1. The van der Waals surface area contributed by atoms with Crippen molar-refractivity contribution in [1.29, 1.82) is 0 Å². The lowest BCUT2D eigenvalue weighted by atomic mass is 10.2. The molecule has 1 aromatic carbocycles. The van der Waals surface area contributed by atoms with Crippen LogP contribution in [0.25, 0.3) is 0 Å². The third kappa shape index (κ3) is 4.45. The largest absolute Gasteiger partial charge is 0.492 e. The summed E-state index contributed by atoms with van der Waals surface area (Å²) in [4.78, 5) is 16.6. The fourth-order valence-electron chi connectivity index (χ4n) is 3.17. The van der Waals surface area contributed by atoms with Crippen LogP contribution in [-0.2, 0) is 9.53 Å². The molecular weight excluding hydrogens is 292 g/mol. The van der Waals surface area contributed by atoms with Gasteiger partial charge >= 0.3 is 0 Å². The SMILES string of the molecule is Cc1cccc(OCCN2CCN(C(=O)[C@H]3CCCO3)CC2)c1. The van der Waals surface area contributed by atoms with E-state index in [1.165, 1.54) is 5.56 Å². The van der Waals surface area contributed by atoms with Crippen molar-refractivity contribution < 1.29 is 14.3 Å². The highest BCUT2D eigenvalue weighted by molar-refractivity contribution is 5.81. The highest BCUT2D eigenvalue weighted by atomic mass is 16.5. The molecule has 2 heterocycles. The molecule has 2 fully saturated rings. The maximum Gasteiger partial charge on any atom is 0.251 e. The van der Waals surface area contributed by atoms with Gasteiger partial charge in [-0.15, -0.1) is 0 Å². The number of hydrogen-bond donors (Lipinski definition) is 0. The molecule has 1 amide bonds. The molecule has 126 valence electrons. The molecule has 2 aliphatic heterocycles. The molecule has 0 spiro atoms. The van der Waals surface area contributed by atoms with Gasteiger partial charge in [0.2, 0.25) is 0 Å². The van der Waals surface area contributed by atoms with Crippen molar-refractivity contribution >= 4 is 5.91 Å². The van der Waals surface area contributed by atoms with Gasteiger partial charge in [0.1, 0.15) is 18.5 Å². The summed E-state index contributed by atoms with van der Waals surface area (Å²) in [5, 5.41) is 0. The second-order valence-electron chi connectivity index (χ2n) is 6.33. The van der Waals surface area contributed by atoms with Crippen LogP contribution in [0.1, 0.15) is 18.4 Å². The van der Waals surface area contributed by atoms with E-state index in [0.29, 0.717) is 6.61 Å². The van der Waals surface area contributed by atoms with E-state index in [9.17, 15) is 4.79 Å². The van der Waals surface area contributed by atoms with E-state index in [0.717, 1.165) is 57.9 Å². The Morgan fingerprint density at radius 1 is 1.30 bits per heavy atom. The van der Waals surface area contributed by atoms with Crippen molar-refractivity contribution in [3.8, 4) is 5.75 Å². The second kappa shape index (κ2) is 7.79. The zero-order chi connectivity index (χ0) is 16.1. The van der Waals surface area contributed by atoms with Gasteiger partial charge in [-0.1, -0.05) is 12.1 Å². The number of hydrogen-bond acceptors (Lipinski definition) is 4. The van der Waals surface area contributed by atoms with Crippen molar-refractivity contribution in [3.63, 3.8) is 0 Å². The van der Waals surface area contributed by atoms with Crippen molar-refractivity contribution in [1.82, 2.24) is 9.80 Å². The van der Waals surface area contributed by atoms with Crippen LogP contribution in [0.4, 0.5) is 0 Å². The molecule has 0 bridgehead atoms. The number of benzene rings is 1. The van der Waals surface area contributed by atoms with E-state index in [1.807, 2.05) is 17.0 Å². The number of carbonyl (C=O) groups excluding carboxylic acids is 1. The summed E-state index contributed by atoms with van der Waals surface area (Å²) in [7, 11) is 0. The quantitative estimate of drug-likeness (QED) is 0.829. The van der Waals surface area contributed by atoms with Crippen LogP contribution < -0.4 is 4.74 Å². The van der Waals surface area contributed by atoms with Crippen LogP contribution in [0.2, 0.25) is 0 Å². The summed E-state index contributed by atoms with van der Waals surface area (Å²) in [5.74, 6) is 1.11. The summed E-state index contributed by atoms with van der Waals surface area (Å²) < 4.78 is 11.3. The van der Waals surface area contributed by atoms with Crippen LogP contribution in [-0.4, -0.2) is 67.7 Å². The maximum absolute atomic E-state index is 12.3. The summed E-state index contributed by atoms with van der Waals surface area (Å²) >= 11 is 0. The number of nitrogens with zero attached hydrogens (tertiary/aromatic N) is 2. The Morgan fingerprint density at radius 3 is 2.83 bits per heavy atom. The second-order valence-corrected chi connectivity index (χ2v) is 6.33. The van der Waals surface area contributed by atoms with Crippen LogP contribution in [0.3, 0.4) is 0 Å². The smallest absolute Gasteiger partial charge is 0.251 e. The Kier molecular flexibility index (Phi) is 5.51.